The first-order valence-corrected chi connectivity index (χ1v) is 9.57. The van der Waals surface area contributed by atoms with Gasteiger partial charge in [0.15, 0.2) is 0 Å². The molecule has 136 valence electrons. The molecule has 0 spiro atoms. The van der Waals surface area contributed by atoms with E-state index in [2.05, 4.69) is 0 Å². The van der Waals surface area contributed by atoms with Crippen molar-refractivity contribution in [1.29, 1.82) is 0 Å². The Labute approximate surface area is 171 Å². The van der Waals surface area contributed by atoms with Gasteiger partial charge in [-0.25, -0.2) is 4.90 Å². The number of rotatable bonds is 2. The van der Waals surface area contributed by atoms with Crippen LogP contribution in [0.15, 0.2) is 66.8 Å². The second-order valence-electron chi connectivity index (χ2n) is 6.77. The van der Waals surface area contributed by atoms with Gasteiger partial charge in [-0.05, 0) is 47.2 Å². The fourth-order valence-electron chi connectivity index (χ4n) is 3.86. The molecule has 3 aromatic rings. The van der Waals surface area contributed by atoms with Crippen molar-refractivity contribution in [2.75, 3.05) is 4.90 Å². The molecule has 1 aliphatic carbocycles. The third-order valence-electron chi connectivity index (χ3n) is 5.15. The summed E-state index contributed by atoms with van der Waals surface area (Å²) in [5, 5.41) is 2.05. The van der Waals surface area contributed by atoms with Crippen molar-refractivity contribution >= 4 is 57.0 Å². The van der Waals surface area contributed by atoms with Crippen LogP contribution in [0.2, 0.25) is 10.0 Å². The van der Waals surface area contributed by atoms with E-state index in [9.17, 15) is 9.59 Å². The van der Waals surface area contributed by atoms with Crippen LogP contribution >= 0.6 is 23.2 Å². The zero-order valence-electron chi connectivity index (χ0n) is 14.6. The van der Waals surface area contributed by atoms with Gasteiger partial charge in [0.2, 0.25) is 0 Å². The molecule has 28 heavy (non-hydrogen) atoms. The van der Waals surface area contributed by atoms with Gasteiger partial charge in [-0.1, -0.05) is 65.7 Å². The number of amides is 2. The first kappa shape index (κ1) is 17.2. The number of hydrogen-bond acceptors (Lipinski definition) is 2. The standard InChI is InChI=1S/C23H13Cl2NO2/c24-18-11-15(13-5-1-2-6-13)12-19(25)21(18)26-22(27)16-9-3-7-14-8-4-10-17(20(14)16)23(26)28/h1-5,7-12H,6H2. The van der Waals surface area contributed by atoms with Gasteiger partial charge in [0.1, 0.15) is 0 Å². The summed E-state index contributed by atoms with van der Waals surface area (Å²) in [6, 6.07) is 14.3. The van der Waals surface area contributed by atoms with Gasteiger partial charge in [0, 0.05) is 16.5 Å². The summed E-state index contributed by atoms with van der Waals surface area (Å²) in [7, 11) is 0. The summed E-state index contributed by atoms with van der Waals surface area (Å²) < 4.78 is 0. The molecule has 5 heteroatoms. The second-order valence-corrected chi connectivity index (χ2v) is 7.58. The molecule has 0 bridgehead atoms. The Morgan fingerprint density at radius 3 is 2.00 bits per heavy atom. The molecule has 2 amide bonds. The van der Waals surface area contributed by atoms with Crippen LogP contribution in [-0.2, 0) is 0 Å². The minimum atomic E-state index is -0.424. The summed E-state index contributed by atoms with van der Waals surface area (Å²) in [6.45, 7) is 0. The molecular weight excluding hydrogens is 393 g/mol. The quantitative estimate of drug-likeness (QED) is 0.469. The molecule has 3 nitrogen and oxygen atoms in total. The fourth-order valence-corrected chi connectivity index (χ4v) is 4.52. The smallest absolute Gasteiger partial charge is 0.266 e. The average Bonchev–Trinajstić information content (AvgIpc) is 3.22. The van der Waals surface area contributed by atoms with Gasteiger partial charge >= 0.3 is 0 Å². The fraction of sp³-hybridized carbons (Fsp3) is 0.0435. The summed E-state index contributed by atoms with van der Waals surface area (Å²) in [4.78, 5) is 27.5. The number of carbonyl (C=O) groups is 2. The molecule has 5 rings (SSSR count). The van der Waals surface area contributed by atoms with Gasteiger partial charge in [-0.3, -0.25) is 9.59 Å². The summed E-state index contributed by atoms with van der Waals surface area (Å²) >= 11 is 13.1. The Hall–Kier alpha value is -2.88. The third-order valence-corrected chi connectivity index (χ3v) is 5.73. The van der Waals surface area contributed by atoms with E-state index in [0.717, 1.165) is 27.8 Å². The highest BCUT2D eigenvalue weighted by molar-refractivity contribution is 6.45. The maximum atomic E-state index is 13.2. The summed E-state index contributed by atoms with van der Waals surface area (Å²) in [5.74, 6) is -0.847. The summed E-state index contributed by atoms with van der Waals surface area (Å²) in [5.41, 5.74) is 3.11. The number of imide groups is 1. The lowest BCUT2D eigenvalue weighted by Gasteiger charge is -2.28. The Balaban J connectivity index is 1.69. The minimum absolute atomic E-state index is 0.222. The van der Waals surface area contributed by atoms with Crippen LogP contribution in [0.1, 0.15) is 32.7 Å². The van der Waals surface area contributed by atoms with Gasteiger partial charge < -0.3 is 0 Å². The van der Waals surface area contributed by atoms with Crippen molar-refractivity contribution in [3.63, 3.8) is 0 Å². The Morgan fingerprint density at radius 2 is 1.46 bits per heavy atom. The Kier molecular flexibility index (Phi) is 3.90. The molecule has 0 atom stereocenters. The topological polar surface area (TPSA) is 37.4 Å². The maximum absolute atomic E-state index is 13.2. The molecule has 2 aliphatic rings. The van der Waals surface area contributed by atoms with Crippen LogP contribution in [0.25, 0.3) is 16.3 Å². The van der Waals surface area contributed by atoms with Crippen LogP contribution in [0, 0.1) is 0 Å². The Morgan fingerprint density at radius 1 is 0.857 bits per heavy atom. The molecule has 1 heterocycles. The molecule has 0 saturated carbocycles. The van der Waals surface area contributed by atoms with Crippen LogP contribution in [0.3, 0.4) is 0 Å². The van der Waals surface area contributed by atoms with E-state index >= 15 is 0 Å². The SMILES string of the molecule is O=C1c2cccc3cccc(c23)C(=O)N1c1c(Cl)cc(C2=CC=CC2)cc1Cl. The molecule has 0 N–H and O–H groups in total. The number of halogens is 2. The van der Waals surface area contributed by atoms with E-state index in [-0.39, 0.29) is 15.7 Å². The molecular formula is C23H13Cl2NO2. The van der Waals surface area contributed by atoms with Crippen molar-refractivity contribution in [1.82, 2.24) is 0 Å². The van der Waals surface area contributed by atoms with Crippen LogP contribution in [0.5, 0.6) is 0 Å². The first-order chi connectivity index (χ1) is 13.6. The van der Waals surface area contributed by atoms with Crippen LogP contribution < -0.4 is 4.90 Å². The van der Waals surface area contributed by atoms with Crippen molar-refractivity contribution < 1.29 is 9.59 Å². The molecule has 0 fully saturated rings. The van der Waals surface area contributed by atoms with Crippen LogP contribution in [-0.4, -0.2) is 11.8 Å². The number of carbonyl (C=O) groups excluding carboxylic acids is 2. The monoisotopic (exact) mass is 405 g/mol. The molecule has 3 aromatic carbocycles. The highest BCUT2D eigenvalue weighted by atomic mass is 35.5. The number of anilines is 1. The van der Waals surface area contributed by atoms with Crippen molar-refractivity contribution in [2.45, 2.75) is 6.42 Å². The number of nitrogens with zero attached hydrogens (tertiary/aromatic N) is 1. The van der Waals surface area contributed by atoms with Gasteiger partial charge in [-0.15, -0.1) is 0 Å². The van der Waals surface area contributed by atoms with E-state index in [1.54, 1.807) is 36.4 Å². The normalized spacial score (nSPS) is 15.5. The Bertz CT molecular complexity index is 1180. The van der Waals surface area contributed by atoms with Crippen molar-refractivity contribution in [2.24, 2.45) is 0 Å². The zero-order chi connectivity index (χ0) is 19.4. The lowest BCUT2D eigenvalue weighted by molar-refractivity contribution is 0.0893. The first-order valence-electron chi connectivity index (χ1n) is 8.82. The van der Waals surface area contributed by atoms with Crippen LogP contribution in [0.4, 0.5) is 5.69 Å². The average molecular weight is 406 g/mol. The molecule has 0 aromatic heterocycles. The predicted molar refractivity (Wildman–Crippen MR) is 113 cm³/mol. The molecule has 0 radical (unpaired) electrons. The van der Waals surface area contributed by atoms with E-state index in [1.165, 1.54) is 0 Å². The summed E-state index contributed by atoms with van der Waals surface area (Å²) in [6.07, 6.45) is 6.80. The number of hydrogen-bond donors (Lipinski definition) is 0. The van der Waals surface area contributed by atoms with E-state index in [0.29, 0.717) is 16.5 Å². The van der Waals surface area contributed by atoms with E-state index in [4.69, 9.17) is 23.2 Å². The van der Waals surface area contributed by atoms with E-state index in [1.807, 2.05) is 30.4 Å². The molecule has 0 unspecified atom stereocenters. The number of benzene rings is 3. The minimum Gasteiger partial charge on any atom is -0.268 e. The predicted octanol–water partition coefficient (Wildman–Crippen LogP) is 6.29. The number of allylic oxidation sites excluding steroid dienone is 4. The second kappa shape index (κ2) is 6.33. The maximum Gasteiger partial charge on any atom is 0.266 e. The van der Waals surface area contributed by atoms with E-state index < -0.39 is 11.8 Å². The lowest BCUT2D eigenvalue weighted by Crippen LogP contribution is -2.40. The largest absolute Gasteiger partial charge is 0.268 e. The van der Waals surface area contributed by atoms with Crippen molar-refractivity contribution in [3.05, 3.63) is 93.5 Å². The molecule has 0 saturated heterocycles. The zero-order valence-corrected chi connectivity index (χ0v) is 16.1. The third kappa shape index (κ3) is 2.44. The molecule has 1 aliphatic heterocycles. The highest BCUT2D eigenvalue weighted by Gasteiger charge is 2.36. The lowest BCUT2D eigenvalue weighted by atomic mass is 9.93. The van der Waals surface area contributed by atoms with Crippen molar-refractivity contribution in [3.8, 4) is 0 Å². The van der Waals surface area contributed by atoms with Gasteiger partial charge in [0.25, 0.3) is 11.8 Å². The highest BCUT2D eigenvalue weighted by Crippen LogP contribution is 2.41. The van der Waals surface area contributed by atoms with Gasteiger partial charge in [-0.2, -0.15) is 0 Å². The van der Waals surface area contributed by atoms with Gasteiger partial charge in [0.05, 0.1) is 15.7 Å².